The number of thiophene rings is 1. The first kappa shape index (κ1) is 13.7. The maximum absolute atomic E-state index is 11.5. The van der Waals surface area contributed by atoms with Gasteiger partial charge < -0.3 is 10.6 Å². The zero-order valence-electron chi connectivity index (χ0n) is 10.2. The first-order valence-electron chi connectivity index (χ1n) is 5.74. The molecule has 1 heterocycles. The van der Waals surface area contributed by atoms with Gasteiger partial charge in [0.1, 0.15) is 0 Å². The Morgan fingerprint density at radius 1 is 1.47 bits per heavy atom. The quantitative estimate of drug-likeness (QED) is 0.813. The van der Waals surface area contributed by atoms with Crippen LogP contribution in [0.5, 0.6) is 0 Å². The lowest BCUT2D eigenvalue weighted by Gasteiger charge is -2.11. The molecule has 17 heavy (non-hydrogen) atoms. The first-order chi connectivity index (χ1) is 8.13. The SMILES string of the molecule is CC[C@H](C)NC(=O)CCNC(=O)c1cccs1. The second-order valence-electron chi connectivity index (χ2n) is 3.86. The van der Waals surface area contributed by atoms with Crippen molar-refractivity contribution in [2.45, 2.75) is 32.7 Å². The molecule has 0 bridgehead atoms. The molecule has 2 amide bonds. The van der Waals surface area contributed by atoms with Gasteiger partial charge in [-0.3, -0.25) is 9.59 Å². The molecule has 0 fully saturated rings. The molecule has 1 rings (SSSR count). The van der Waals surface area contributed by atoms with Crippen LogP contribution in [0, 0.1) is 0 Å². The van der Waals surface area contributed by atoms with E-state index in [0.717, 1.165) is 6.42 Å². The molecule has 1 aromatic rings. The molecule has 5 heteroatoms. The molecule has 2 N–H and O–H groups in total. The van der Waals surface area contributed by atoms with Gasteiger partial charge in [-0.05, 0) is 24.8 Å². The molecule has 0 aliphatic carbocycles. The Bertz CT molecular complexity index is 363. The largest absolute Gasteiger partial charge is 0.354 e. The molecule has 0 saturated heterocycles. The summed E-state index contributed by atoms with van der Waals surface area (Å²) in [6, 6.07) is 3.78. The molecule has 94 valence electrons. The number of carbonyl (C=O) groups excluding carboxylic acids is 2. The van der Waals surface area contributed by atoms with Crippen molar-refractivity contribution < 1.29 is 9.59 Å². The van der Waals surface area contributed by atoms with Gasteiger partial charge in [-0.1, -0.05) is 13.0 Å². The van der Waals surface area contributed by atoms with Crippen molar-refractivity contribution in [3.63, 3.8) is 0 Å². The summed E-state index contributed by atoms with van der Waals surface area (Å²) in [5.74, 6) is -0.137. The third-order valence-corrected chi connectivity index (χ3v) is 3.27. The average Bonchev–Trinajstić information content (AvgIpc) is 2.82. The minimum atomic E-state index is -0.115. The molecule has 0 unspecified atom stereocenters. The smallest absolute Gasteiger partial charge is 0.261 e. The fourth-order valence-electron chi connectivity index (χ4n) is 1.23. The van der Waals surface area contributed by atoms with Gasteiger partial charge in [-0.2, -0.15) is 0 Å². The van der Waals surface area contributed by atoms with Gasteiger partial charge in [0.2, 0.25) is 5.91 Å². The van der Waals surface area contributed by atoms with Crippen molar-refractivity contribution in [2.24, 2.45) is 0 Å². The summed E-state index contributed by atoms with van der Waals surface area (Å²) in [7, 11) is 0. The molecule has 0 aliphatic rings. The molecule has 0 spiro atoms. The average molecular weight is 254 g/mol. The summed E-state index contributed by atoms with van der Waals surface area (Å²) in [5.41, 5.74) is 0. The maximum Gasteiger partial charge on any atom is 0.261 e. The van der Waals surface area contributed by atoms with Crippen LogP contribution in [0.3, 0.4) is 0 Å². The highest BCUT2D eigenvalue weighted by Gasteiger charge is 2.08. The molecule has 4 nitrogen and oxygen atoms in total. The Morgan fingerprint density at radius 2 is 2.24 bits per heavy atom. The zero-order valence-corrected chi connectivity index (χ0v) is 11.0. The van der Waals surface area contributed by atoms with E-state index in [9.17, 15) is 9.59 Å². The van der Waals surface area contributed by atoms with Gasteiger partial charge in [0.05, 0.1) is 4.88 Å². The molecule has 1 aromatic heterocycles. The van der Waals surface area contributed by atoms with Crippen LogP contribution in [0.2, 0.25) is 0 Å². The number of nitrogens with one attached hydrogen (secondary N) is 2. The Labute approximate surface area is 105 Å². The lowest BCUT2D eigenvalue weighted by atomic mass is 10.2. The van der Waals surface area contributed by atoms with Crippen molar-refractivity contribution in [2.75, 3.05) is 6.54 Å². The lowest BCUT2D eigenvalue weighted by molar-refractivity contribution is -0.121. The van der Waals surface area contributed by atoms with Gasteiger partial charge in [0, 0.05) is 19.0 Å². The molecule has 1 atom stereocenters. The van der Waals surface area contributed by atoms with Gasteiger partial charge in [0.25, 0.3) is 5.91 Å². The van der Waals surface area contributed by atoms with Gasteiger partial charge in [-0.15, -0.1) is 11.3 Å². The van der Waals surface area contributed by atoms with Crippen LogP contribution in [-0.2, 0) is 4.79 Å². The second kappa shape index (κ2) is 7.06. The second-order valence-corrected chi connectivity index (χ2v) is 4.81. The molecular formula is C12H18N2O2S. The molecule has 0 aliphatic heterocycles. The number of amides is 2. The predicted octanol–water partition coefficient (Wildman–Crippen LogP) is 1.78. The first-order valence-corrected chi connectivity index (χ1v) is 6.62. The number of hydrogen-bond acceptors (Lipinski definition) is 3. The van der Waals surface area contributed by atoms with Crippen LogP contribution >= 0.6 is 11.3 Å². The van der Waals surface area contributed by atoms with E-state index in [1.165, 1.54) is 11.3 Å². The topological polar surface area (TPSA) is 58.2 Å². The highest BCUT2D eigenvalue weighted by atomic mass is 32.1. The standard InChI is InChI=1S/C12H18N2O2S/c1-3-9(2)14-11(15)6-7-13-12(16)10-5-4-8-17-10/h4-5,8-9H,3,6-7H2,1-2H3,(H,13,16)(H,14,15)/t9-/m0/s1. The van der Waals surface area contributed by atoms with Crippen LogP contribution in [0.4, 0.5) is 0 Å². The monoisotopic (exact) mass is 254 g/mol. The van der Waals surface area contributed by atoms with Crippen molar-refractivity contribution in [3.05, 3.63) is 22.4 Å². The summed E-state index contributed by atoms with van der Waals surface area (Å²) in [5, 5.41) is 7.42. The van der Waals surface area contributed by atoms with Gasteiger partial charge in [0.15, 0.2) is 0 Å². The van der Waals surface area contributed by atoms with Crippen molar-refractivity contribution in [1.82, 2.24) is 10.6 Å². The van der Waals surface area contributed by atoms with Crippen LogP contribution in [0.25, 0.3) is 0 Å². The summed E-state index contributed by atoms with van der Waals surface area (Å²) in [6.45, 7) is 4.35. The lowest BCUT2D eigenvalue weighted by Crippen LogP contribution is -2.35. The fourth-order valence-corrected chi connectivity index (χ4v) is 1.87. The highest BCUT2D eigenvalue weighted by Crippen LogP contribution is 2.07. The fraction of sp³-hybridized carbons (Fsp3) is 0.500. The summed E-state index contributed by atoms with van der Waals surface area (Å²) >= 11 is 1.39. The van der Waals surface area contributed by atoms with Crippen LogP contribution in [-0.4, -0.2) is 24.4 Å². The van der Waals surface area contributed by atoms with Gasteiger partial charge >= 0.3 is 0 Å². The number of hydrogen-bond donors (Lipinski definition) is 2. The van der Waals surface area contributed by atoms with Crippen molar-refractivity contribution in [3.8, 4) is 0 Å². The number of rotatable bonds is 6. The molecule has 0 radical (unpaired) electrons. The Morgan fingerprint density at radius 3 is 2.82 bits per heavy atom. The molecule has 0 aromatic carbocycles. The van der Waals surface area contributed by atoms with E-state index < -0.39 is 0 Å². The van der Waals surface area contributed by atoms with Crippen LogP contribution in [0.1, 0.15) is 36.4 Å². The predicted molar refractivity (Wildman–Crippen MR) is 69.2 cm³/mol. The van der Waals surface area contributed by atoms with E-state index in [2.05, 4.69) is 10.6 Å². The van der Waals surface area contributed by atoms with Crippen molar-refractivity contribution in [1.29, 1.82) is 0 Å². The van der Waals surface area contributed by atoms with Crippen molar-refractivity contribution >= 4 is 23.2 Å². The zero-order chi connectivity index (χ0) is 12.7. The number of carbonyl (C=O) groups is 2. The van der Waals surface area contributed by atoms with Gasteiger partial charge in [-0.25, -0.2) is 0 Å². The van der Waals surface area contributed by atoms with E-state index in [1.807, 2.05) is 25.3 Å². The maximum atomic E-state index is 11.5. The third-order valence-electron chi connectivity index (χ3n) is 2.40. The minimum Gasteiger partial charge on any atom is -0.354 e. The Hall–Kier alpha value is -1.36. The van der Waals surface area contributed by atoms with E-state index >= 15 is 0 Å². The van der Waals surface area contributed by atoms with Crippen LogP contribution in [0.15, 0.2) is 17.5 Å². The van der Waals surface area contributed by atoms with E-state index in [-0.39, 0.29) is 17.9 Å². The summed E-state index contributed by atoms with van der Waals surface area (Å²) < 4.78 is 0. The normalized spacial score (nSPS) is 11.9. The minimum absolute atomic E-state index is 0.0224. The van der Waals surface area contributed by atoms with Crippen LogP contribution < -0.4 is 10.6 Å². The van der Waals surface area contributed by atoms with E-state index in [1.54, 1.807) is 6.07 Å². The van der Waals surface area contributed by atoms with E-state index in [0.29, 0.717) is 17.8 Å². The third kappa shape index (κ3) is 4.99. The highest BCUT2D eigenvalue weighted by molar-refractivity contribution is 7.12. The summed E-state index contributed by atoms with van der Waals surface area (Å²) in [6.07, 6.45) is 1.23. The Balaban J connectivity index is 2.20. The van der Waals surface area contributed by atoms with E-state index in [4.69, 9.17) is 0 Å². The molecular weight excluding hydrogens is 236 g/mol. The Kier molecular flexibility index (Phi) is 5.69. The molecule has 0 saturated carbocycles. The summed E-state index contributed by atoms with van der Waals surface area (Å²) in [4.78, 5) is 23.6.